The Labute approximate surface area is 160 Å². The van der Waals surface area contributed by atoms with E-state index < -0.39 is 11.6 Å². The van der Waals surface area contributed by atoms with Gasteiger partial charge >= 0.3 is 5.97 Å². The molecule has 1 fully saturated rings. The molecule has 0 aromatic heterocycles. The maximum absolute atomic E-state index is 13.1. The van der Waals surface area contributed by atoms with Gasteiger partial charge in [0, 0.05) is 12.3 Å². The average Bonchev–Trinajstić information content (AvgIpc) is 2.71. The Bertz CT molecular complexity index is 733. The van der Waals surface area contributed by atoms with Gasteiger partial charge in [-0.25, -0.2) is 4.79 Å². The number of ether oxygens (including phenoxy) is 1. The summed E-state index contributed by atoms with van der Waals surface area (Å²) < 4.78 is 5.80. The van der Waals surface area contributed by atoms with E-state index >= 15 is 0 Å². The van der Waals surface area contributed by atoms with E-state index in [0.717, 1.165) is 25.1 Å². The molecular formula is C23H27NO3. The number of hydrogen-bond donors (Lipinski definition) is 2. The van der Waals surface area contributed by atoms with Gasteiger partial charge in [0.05, 0.1) is 0 Å². The molecule has 2 unspecified atom stereocenters. The summed E-state index contributed by atoms with van der Waals surface area (Å²) in [6.07, 6.45) is 1.30. The molecule has 0 saturated heterocycles. The van der Waals surface area contributed by atoms with Crippen molar-refractivity contribution in [1.29, 1.82) is 0 Å². The van der Waals surface area contributed by atoms with Gasteiger partial charge in [-0.2, -0.15) is 0 Å². The number of benzene rings is 2. The number of rotatable bonds is 8. The standard InChI is InChI=1S/C23H27NO3/c1-3-24-15-14-20-17(2)16-21(20)27-22(25)23(26,18-10-6-4-7-11-18)19-12-8-5-9-13-19/h4-13,20-21,24,26H,2-3,14-16H2,1H3. The summed E-state index contributed by atoms with van der Waals surface area (Å²) in [5.74, 6) is -0.491. The summed E-state index contributed by atoms with van der Waals surface area (Å²) in [6, 6.07) is 17.9. The van der Waals surface area contributed by atoms with Gasteiger partial charge in [0.2, 0.25) is 5.60 Å². The number of carbonyl (C=O) groups is 1. The smallest absolute Gasteiger partial charge is 0.347 e. The van der Waals surface area contributed by atoms with E-state index in [4.69, 9.17) is 4.74 Å². The molecular weight excluding hydrogens is 338 g/mol. The monoisotopic (exact) mass is 365 g/mol. The summed E-state index contributed by atoms with van der Waals surface area (Å²) in [6.45, 7) is 7.90. The molecule has 0 radical (unpaired) electrons. The van der Waals surface area contributed by atoms with Crippen molar-refractivity contribution in [3.05, 3.63) is 83.9 Å². The molecule has 2 N–H and O–H groups in total. The Balaban J connectivity index is 1.81. The van der Waals surface area contributed by atoms with Crippen LogP contribution in [-0.4, -0.2) is 30.3 Å². The Morgan fingerprint density at radius 1 is 1.15 bits per heavy atom. The van der Waals surface area contributed by atoms with Crippen molar-refractivity contribution in [3.63, 3.8) is 0 Å². The second-order valence-corrected chi connectivity index (χ2v) is 7.00. The lowest BCUT2D eigenvalue weighted by atomic mass is 9.75. The molecule has 2 aromatic carbocycles. The molecule has 1 aliphatic carbocycles. The first kappa shape index (κ1) is 19.3. The first-order valence-electron chi connectivity index (χ1n) is 9.50. The van der Waals surface area contributed by atoms with Gasteiger partial charge in [0.15, 0.2) is 0 Å². The third-order valence-corrected chi connectivity index (χ3v) is 5.26. The lowest BCUT2D eigenvalue weighted by Crippen LogP contribution is -2.46. The molecule has 1 aliphatic rings. The SMILES string of the molecule is C=C1CC(OC(=O)C(O)(c2ccccc2)c2ccccc2)C1CCNCC. The molecule has 3 rings (SSSR count). The van der Waals surface area contributed by atoms with Crippen LogP contribution in [0.15, 0.2) is 72.8 Å². The highest BCUT2D eigenvalue weighted by molar-refractivity contribution is 5.85. The molecule has 0 spiro atoms. The summed E-state index contributed by atoms with van der Waals surface area (Å²) in [5, 5.41) is 14.7. The van der Waals surface area contributed by atoms with Crippen molar-refractivity contribution in [3.8, 4) is 0 Å². The zero-order chi connectivity index (χ0) is 19.3. The molecule has 142 valence electrons. The minimum Gasteiger partial charge on any atom is -0.459 e. The van der Waals surface area contributed by atoms with E-state index in [9.17, 15) is 9.90 Å². The molecule has 0 heterocycles. The maximum atomic E-state index is 13.1. The van der Waals surface area contributed by atoms with E-state index in [1.54, 1.807) is 48.5 Å². The molecule has 0 aliphatic heterocycles. The Morgan fingerprint density at radius 3 is 2.19 bits per heavy atom. The molecule has 2 atom stereocenters. The van der Waals surface area contributed by atoms with Crippen LogP contribution in [0.5, 0.6) is 0 Å². The normalized spacial score (nSPS) is 19.4. The maximum Gasteiger partial charge on any atom is 0.347 e. The van der Waals surface area contributed by atoms with E-state index in [0.29, 0.717) is 17.5 Å². The Hall–Kier alpha value is -2.43. The Morgan fingerprint density at radius 2 is 1.70 bits per heavy atom. The van der Waals surface area contributed by atoms with Gasteiger partial charge in [0.25, 0.3) is 0 Å². The lowest BCUT2D eigenvalue weighted by Gasteiger charge is -2.40. The van der Waals surface area contributed by atoms with Crippen molar-refractivity contribution < 1.29 is 14.6 Å². The predicted octanol–water partition coefficient (Wildman–Crippen LogP) is 3.41. The summed E-state index contributed by atoms with van der Waals surface area (Å²) in [5.41, 5.74) is 0.284. The zero-order valence-electron chi connectivity index (χ0n) is 15.7. The van der Waals surface area contributed by atoms with Gasteiger partial charge in [-0.3, -0.25) is 0 Å². The summed E-state index contributed by atoms with van der Waals surface area (Å²) in [7, 11) is 0. The molecule has 4 nitrogen and oxygen atoms in total. The van der Waals surface area contributed by atoms with Gasteiger partial charge < -0.3 is 15.2 Å². The van der Waals surface area contributed by atoms with Crippen molar-refractivity contribution in [1.82, 2.24) is 5.32 Å². The highest BCUT2D eigenvalue weighted by Gasteiger charge is 2.45. The average molecular weight is 365 g/mol. The fourth-order valence-electron chi connectivity index (χ4n) is 3.59. The van der Waals surface area contributed by atoms with Crippen molar-refractivity contribution in [2.45, 2.75) is 31.5 Å². The van der Waals surface area contributed by atoms with Gasteiger partial charge in [-0.05, 0) is 30.6 Å². The van der Waals surface area contributed by atoms with Gasteiger partial charge in [-0.1, -0.05) is 79.7 Å². The number of carbonyl (C=O) groups excluding carboxylic acids is 1. The molecule has 27 heavy (non-hydrogen) atoms. The minimum absolute atomic E-state index is 0.142. The largest absolute Gasteiger partial charge is 0.459 e. The predicted molar refractivity (Wildman–Crippen MR) is 106 cm³/mol. The molecule has 1 saturated carbocycles. The van der Waals surface area contributed by atoms with E-state index in [1.807, 2.05) is 12.1 Å². The molecule has 0 bridgehead atoms. The molecule has 0 amide bonds. The summed E-state index contributed by atoms with van der Waals surface area (Å²) in [4.78, 5) is 13.1. The van der Waals surface area contributed by atoms with Crippen molar-refractivity contribution in [2.24, 2.45) is 5.92 Å². The second kappa shape index (κ2) is 8.51. The third kappa shape index (κ3) is 3.97. The van der Waals surface area contributed by atoms with Crippen LogP contribution in [0.4, 0.5) is 0 Å². The van der Waals surface area contributed by atoms with Crippen LogP contribution in [0, 0.1) is 5.92 Å². The van der Waals surface area contributed by atoms with Crippen LogP contribution in [-0.2, 0) is 15.1 Å². The number of esters is 1. The second-order valence-electron chi connectivity index (χ2n) is 7.00. The van der Waals surface area contributed by atoms with Crippen molar-refractivity contribution >= 4 is 5.97 Å². The number of nitrogens with one attached hydrogen (secondary N) is 1. The molecule has 4 heteroatoms. The lowest BCUT2D eigenvalue weighted by molar-refractivity contribution is -0.173. The van der Waals surface area contributed by atoms with Gasteiger partial charge in [-0.15, -0.1) is 0 Å². The zero-order valence-corrected chi connectivity index (χ0v) is 15.7. The highest BCUT2D eigenvalue weighted by Crippen LogP contribution is 2.40. The first-order chi connectivity index (χ1) is 13.1. The van der Waals surface area contributed by atoms with Crippen molar-refractivity contribution in [2.75, 3.05) is 13.1 Å². The van der Waals surface area contributed by atoms with Crippen LogP contribution in [0.25, 0.3) is 0 Å². The topological polar surface area (TPSA) is 58.6 Å². The third-order valence-electron chi connectivity index (χ3n) is 5.26. The first-order valence-corrected chi connectivity index (χ1v) is 9.50. The quantitative estimate of drug-likeness (QED) is 0.428. The highest BCUT2D eigenvalue weighted by atomic mass is 16.6. The van der Waals surface area contributed by atoms with E-state index in [2.05, 4.69) is 18.8 Å². The van der Waals surface area contributed by atoms with Crippen LogP contribution in [0.3, 0.4) is 0 Å². The fraction of sp³-hybridized carbons (Fsp3) is 0.348. The summed E-state index contributed by atoms with van der Waals surface area (Å²) >= 11 is 0. The van der Waals surface area contributed by atoms with Crippen LogP contribution >= 0.6 is 0 Å². The van der Waals surface area contributed by atoms with Gasteiger partial charge in [0.1, 0.15) is 6.10 Å². The van der Waals surface area contributed by atoms with Crippen LogP contribution in [0.1, 0.15) is 30.9 Å². The number of aliphatic hydroxyl groups is 1. The Kier molecular flexibility index (Phi) is 6.09. The minimum atomic E-state index is -1.83. The fourth-order valence-corrected chi connectivity index (χ4v) is 3.59. The van der Waals surface area contributed by atoms with E-state index in [1.165, 1.54) is 0 Å². The van der Waals surface area contributed by atoms with Crippen LogP contribution in [0.2, 0.25) is 0 Å². The van der Waals surface area contributed by atoms with E-state index in [-0.39, 0.29) is 12.0 Å². The molecule has 2 aromatic rings. The number of hydrogen-bond acceptors (Lipinski definition) is 4. The van der Waals surface area contributed by atoms with Crippen LogP contribution < -0.4 is 5.32 Å².